The van der Waals surface area contributed by atoms with Crippen molar-refractivity contribution in [2.24, 2.45) is 0 Å². The molecular formula is C26H44O10S. The average Bonchev–Trinajstić information content (AvgIpc) is 2.90. The summed E-state index contributed by atoms with van der Waals surface area (Å²) >= 11 is 0. The van der Waals surface area contributed by atoms with Gasteiger partial charge >= 0.3 is 5.97 Å². The van der Waals surface area contributed by atoms with Gasteiger partial charge in [0.1, 0.15) is 6.61 Å². The lowest BCUT2D eigenvalue weighted by atomic mass is 10.1. The first-order chi connectivity index (χ1) is 18.1. The number of hydrogen-bond acceptors (Lipinski definition) is 10. The molecular weight excluding hydrogens is 504 g/mol. The number of carbonyl (C=O) groups is 1. The van der Waals surface area contributed by atoms with Crippen molar-refractivity contribution >= 4 is 16.1 Å². The second-order valence-electron chi connectivity index (χ2n) is 8.04. The van der Waals surface area contributed by atoms with Crippen molar-refractivity contribution in [3.8, 4) is 0 Å². The topological polar surface area (TPSA) is 116 Å². The van der Waals surface area contributed by atoms with Gasteiger partial charge in [0, 0.05) is 6.42 Å². The standard InChI is InChI=1S/C26H44O10S/c1-2-3-4-5-9-12-26(27)35-23-21-33-19-17-31-15-13-30-14-16-32-18-20-34-22-24-36-37(28,29)25-10-7-6-8-11-25/h6-8,10-11H,2-5,9,12-24H2,1H3. The van der Waals surface area contributed by atoms with E-state index >= 15 is 0 Å². The molecule has 0 saturated carbocycles. The third kappa shape index (κ3) is 20.1. The van der Waals surface area contributed by atoms with Crippen molar-refractivity contribution in [3.63, 3.8) is 0 Å². The molecule has 0 aliphatic rings. The minimum atomic E-state index is -3.75. The Hall–Kier alpha value is -1.60. The van der Waals surface area contributed by atoms with E-state index in [2.05, 4.69) is 6.92 Å². The molecule has 0 fully saturated rings. The summed E-state index contributed by atoms with van der Waals surface area (Å²) in [6, 6.07) is 7.97. The highest BCUT2D eigenvalue weighted by Gasteiger charge is 2.13. The van der Waals surface area contributed by atoms with E-state index in [1.807, 2.05) is 0 Å². The summed E-state index contributed by atoms with van der Waals surface area (Å²) in [6.45, 7) is 6.22. The fourth-order valence-corrected chi connectivity index (χ4v) is 3.91. The lowest BCUT2D eigenvalue weighted by molar-refractivity contribution is -0.145. The Morgan fingerprint density at radius 2 is 1.08 bits per heavy atom. The summed E-state index contributed by atoms with van der Waals surface area (Å²) < 4.78 is 60.8. The summed E-state index contributed by atoms with van der Waals surface area (Å²) in [5, 5.41) is 0. The highest BCUT2D eigenvalue weighted by atomic mass is 32.2. The van der Waals surface area contributed by atoms with E-state index in [0.717, 1.165) is 12.8 Å². The normalized spacial score (nSPS) is 11.6. The Morgan fingerprint density at radius 1 is 0.622 bits per heavy atom. The highest BCUT2D eigenvalue weighted by Crippen LogP contribution is 2.10. The third-order valence-corrected chi connectivity index (χ3v) is 6.29. The number of carbonyl (C=O) groups excluding carboxylic acids is 1. The number of benzene rings is 1. The largest absolute Gasteiger partial charge is 0.463 e. The summed E-state index contributed by atoms with van der Waals surface area (Å²) in [5.74, 6) is -0.160. The number of rotatable bonds is 26. The predicted octanol–water partition coefficient (Wildman–Crippen LogP) is 3.38. The molecule has 0 spiro atoms. The second-order valence-corrected chi connectivity index (χ2v) is 9.65. The van der Waals surface area contributed by atoms with Gasteiger partial charge in [0.15, 0.2) is 0 Å². The fraction of sp³-hybridized carbons (Fsp3) is 0.731. The molecule has 0 radical (unpaired) electrons. The highest BCUT2D eigenvalue weighted by molar-refractivity contribution is 7.86. The molecule has 0 heterocycles. The van der Waals surface area contributed by atoms with E-state index in [1.165, 1.54) is 31.4 Å². The van der Waals surface area contributed by atoms with Gasteiger partial charge in [0.25, 0.3) is 10.1 Å². The monoisotopic (exact) mass is 548 g/mol. The number of esters is 1. The van der Waals surface area contributed by atoms with Crippen molar-refractivity contribution < 1.29 is 45.8 Å². The van der Waals surface area contributed by atoms with Gasteiger partial charge in [-0.3, -0.25) is 8.98 Å². The van der Waals surface area contributed by atoms with Crippen LogP contribution in [-0.4, -0.2) is 93.7 Å². The zero-order valence-corrected chi connectivity index (χ0v) is 22.9. The van der Waals surface area contributed by atoms with Crippen LogP contribution < -0.4 is 0 Å². The average molecular weight is 549 g/mol. The second kappa shape index (κ2) is 23.5. The van der Waals surface area contributed by atoms with Crippen molar-refractivity contribution in [1.29, 1.82) is 0 Å². The molecule has 1 aromatic rings. The van der Waals surface area contributed by atoms with Crippen LogP contribution in [0.15, 0.2) is 35.2 Å². The molecule has 10 nitrogen and oxygen atoms in total. The minimum absolute atomic E-state index is 0.0575. The van der Waals surface area contributed by atoms with Crippen LogP contribution in [0, 0.1) is 0 Å². The van der Waals surface area contributed by atoms with E-state index in [9.17, 15) is 13.2 Å². The Balaban J connectivity index is 1.75. The quantitative estimate of drug-likeness (QED) is 0.0969. The van der Waals surface area contributed by atoms with Crippen LogP contribution in [0.1, 0.15) is 45.4 Å². The molecule has 1 rings (SSSR count). The maximum absolute atomic E-state index is 11.9. The molecule has 0 amide bonds. The van der Waals surface area contributed by atoms with Crippen LogP contribution in [0.4, 0.5) is 0 Å². The Morgan fingerprint density at radius 3 is 1.59 bits per heavy atom. The number of unbranched alkanes of at least 4 members (excludes halogenated alkanes) is 4. The predicted molar refractivity (Wildman–Crippen MR) is 138 cm³/mol. The van der Waals surface area contributed by atoms with Gasteiger partial charge in [0.05, 0.1) is 77.6 Å². The van der Waals surface area contributed by atoms with E-state index in [4.69, 9.17) is 32.6 Å². The molecule has 214 valence electrons. The van der Waals surface area contributed by atoms with Gasteiger partial charge < -0.3 is 28.4 Å². The summed E-state index contributed by atoms with van der Waals surface area (Å²) in [5.41, 5.74) is 0. The summed E-state index contributed by atoms with van der Waals surface area (Å²) in [4.78, 5) is 11.7. The van der Waals surface area contributed by atoms with Crippen LogP contribution in [0.2, 0.25) is 0 Å². The molecule has 0 aliphatic heterocycles. The van der Waals surface area contributed by atoms with Crippen LogP contribution in [0.5, 0.6) is 0 Å². The van der Waals surface area contributed by atoms with Crippen LogP contribution in [-0.2, 0) is 47.5 Å². The van der Waals surface area contributed by atoms with E-state index in [0.29, 0.717) is 65.9 Å². The number of ether oxygens (including phenoxy) is 6. The van der Waals surface area contributed by atoms with E-state index in [1.54, 1.807) is 18.2 Å². The molecule has 37 heavy (non-hydrogen) atoms. The smallest absolute Gasteiger partial charge is 0.305 e. The minimum Gasteiger partial charge on any atom is -0.463 e. The van der Waals surface area contributed by atoms with E-state index in [-0.39, 0.29) is 30.7 Å². The molecule has 1 aromatic carbocycles. The maximum atomic E-state index is 11.9. The summed E-state index contributed by atoms with van der Waals surface area (Å²) in [7, 11) is -3.75. The van der Waals surface area contributed by atoms with Gasteiger partial charge in [-0.1, -0.05) is 50.8 Å². The van der Waals surface area contributed by atoms with Crippen molar-refractivity contribution in [1.82, 2.24) is 0 Å². The maximum Gasteiger partial charge on any atom is 0.305 e. The van der Waals surface area contributed by atoms with Gasteiger partial charge in [-0.2, -0.15) is 8.42 Å². The third-order valence-electron chi connectivity index (χ3n) is 4.96. The van der Waals surface area contributed by atoms with Crippen LogP contribution in [0.25, 0.3) is 0 Å². The van der Waals surface area contributed by atoms with Crippen molar-refractivity contribution in [3.05, 3.63) is 30.3 Å². The van der Waals surface area contributed by atoms with E-state index < -0.39 is 10.1 Å². The first-order valence-corrected chi connectivity index (χ1v) is 14.5. The zero-order valence-electron chi connectivity index (χ0n) is 22.1. The Kier molecular flexibility index (Phi) is 21.2. The number of hydrogen-bond donors (Lipinski definition) is 0. The van der Waals surface area contributed by atoms with Crippen molar-refractivity contribution in [2.75, 3.05) is 79.3 Å². The van der Waals surface area contributed by atoms with Crippen LogP contribution in [0.3, 0.4) is 0 Å². The Labute approximate surface area is 222 Å². The van der Waals surface area contributed by atoms with Gasteiger partial charge in [-0.05, 0) is 18.6 Å². The first kappa shape index (κ1) is 33.4. The lowest BCUT2D eigenvalue weighted by Gasteiger charge is -2.08. The lowest BCUT2D eigenvalue weighted by Crippen LogP contribution is -2.15. The van der Waals surface area contributed by atoms with Gasteiger partial charge in [-0.15, -0.1) is 0 Å². The van der Waals surface area contributed by atoms with Crippen LogP contribution >= 0.6 is 0 Å². The molecule has 0 bridgehead atoms. The zero-order chi connectivity index (χ0) is 26.9. The van der Waals surface area contributed by atoms with Gasteiger partial charge in [0.2, 0.25) is 0 Å². The Bertz CT molecular complexity index is 758. The molecule has 0 unspecified atom stereocenters. The molecule has 11 heteroatoms. The molecule has 0 atom stereocenters. The SMILES string of the molecule is CCCCCCCC(=O)OCCOCCOCCOCCOCCOCCOS(=O)(=O)c1ccccc1. The molecule has 0 N–H and O–H groups in total. The molecule has 0 saturated heterocycles. The first-order valence-electron chi connectivity index (χ1n) is 13.0. The molecule has 0 aromatic heterocycles. The van der Waals surface area contributed by atoms with Crippen molar-refractivity contribution in [2.45, 2.75) is 50.3 Å². The fourth-order valence-electron chi connectivity index (χ4n) is 3.00. The molecule has 0 aliphatic carbocycles. The summed E-state index contributed by atoms with van der Waals surface area (Å²) in [6.07, 6.45) is 6.02. The van der Waals surface area contributed by atoms with Gasteiger partial charge in [-0.25, -0.2) is 0 Å².